The first-order valence-corrected chi connectivity index (χ1v) is 8.96. The van der Waals surface area contributed by atoms with Crippen LogP contribution in [0.15, 0.2) is 48.5 Å². The van der Waals surface area contributed by atoms with Gasteiger partial charge in [0.25, 0.3) is 0 Å². The number of hydrogen-bond donors (Lipinski definition) is 1. The molecule has 0 saturated heterocycles. The van der Waals surface area contributed by atoms with Gasteiger partial charge in [-0.3, -0.25) is 0 Å². The van der Waals surface area contributed by atoms with Crippen LogP contribution in [0.2, 0.25) is 0 Å². The van der Waals surface area contributed by atoms with Gasteiger partial charge in [-0.1, -0.05) is 49.4 Å². The summed E-state index contributed by atoms with van der Waals surface area (Å²) in [6.07, 6.45) is 3.84. The molecule has 0 spiro atoms. The molecular weight excluding hydrogens is 322 g/mol. The maximum atomic E-state index is 12.1. The van der Waals surface area contributed by atoms with Crippen LogP contribution in [0.4, 0.5) is 0 Å². The van der Waals surface area contributed by atoms with Gasteiger partial charge in [0.05, 0.1) is 16.8 Å². The van der Waals surface area contributed by atoms with E-state index in [-0.39, 0.29) is 0 Å². The van der Waals surface area contributed by atoms with E-state index in [1.165, 1.54) is 5.56 Å². The number of fused-ring (bicyclic) bond motifs is 2. The number of aromatic carboxylic acids is 1. The summed E-state index contributed by atoms with van der Waals surface area (Å²) in [4.78, 5) is 16.9. The lowest BCUT2D eigenvalue weighted by atomic mass is 9.80. The van der Waals surface area contributed by atoms with Crippen LogP contribution in [0.5, 0.6) is 0 Å². The largest absolute Gasteiger partial charge is 0.478 e. The average molecular weight is 343 g/mol. The molecule has 0 aliphatic heterocycles. The average Bonchev–Trinajstić information content (AvgIpc) is 2.61. The molecule has 3 heteroatoms. The predicted octanol–water partition coefficient (Wildman–Crippen LogP) is 5.36. The van der Waals surface area contributed by atoms with Gasteiger partial charge in [0, 0.05) is 5.39 Å². The van der Waals surface area contributed by atoms with Crippen molar-refractivity contribution < 1.29 is 9.90 Å². The second-order valence-electron chi connectivity index (χ2n) is 7.18. The van der Waals surface area contributed by atoms with E-state index < -0.39 is 5.97 Å². The molecule has 26 heavy (non-hydrogen) atoms. The van der Waals surface area contributed by atoms with Gasteiger partial charge in [0.1, 0.15) is 0 Å². The number of allylic oxidation sites excluding steroid dienone is 1. The van der Waals surface area contributed by atoms with Crippen LogP contribution in [-0.4, -0.2) is 16.1 Å². The summed E-state index contributed by atoms with van der Waals surface area (Å²) in [5.74, 6) is -0.483. The Morgan fingerprint density at radius 2 is 1.85 bits per heavy atom. The van der Waals surface area contributed by atoms with E-state index in [1.807, 2.05) is 36.4 Å². The Bertz CT molecular complexity index is 1050. The fourth-order valence-electron chi connectivity index (χ4n) is 3.92. The highest BCUT2D eigenvalue weighted by Crippen LogP contribution is 2.38. The second kappa shape index (κ2) is 6.41. The number of benzene rings is 2. The number of para-hydroxylation sites is 1. The number of carbonyl (C=O) groups is 1. The van der Waals surface area contributed by atoms with Crippen LogP contribution in [0, 0.1) is 12.8 Å². The number of nitrogens with zero attached hydrogens (tertiary/aromatic N) is 1. The third-order valence-corrected chi connectivity index (χ3v) is 5.15. The first-order chi connectivity index (χ1) is 12.5. The molecule has 0 saturated carbocycles. The zero-order valence-corrected chi connectivity index (χ0v) is 15.0. The fraction of sp³-hybridized carbons (Fsp3) is 0.217. The Morgan fingerprint density at radius 3 is 2.62 bits per heavy atom. The molecule has 1 heterocycles. The van der Waals surface area contributed by atoms with E-state index in [1.54, 1.807) is 0 Å². The van der Waals surface area contributed by atoms with Gasteiger partial charge in [-0.05, 0) is 60.1 Å². The quantitative estimate of drug-likeness (QED) is 0.681. The van der Waals surface area contributed by atoms with E-state index in [0.717, 1.165) is 46.1 Å². The van der Waals surface area contributed by atoms with E-state index in [4.69, 9.17) is 4.98 Å². The van der Waals surface area contributed by atoms with Crippen molar-refractivity contribution in [2.45, 2.75) is 26.7 Å². The van der Waals surface area contributed by atoms with E-state index in [2.05, 4.69) is 32.1 Å². The second-order valence-corrected chi connectivity index (χ2v) is 7.18. The van der Waals surface area contributed by atoms with Gasteiger partial charge in [-0.25, -0.2) is 9.78 Å². The lowest BCUT2D eigenvalue weighted by molar-refractivity contribution is 0.0697. The molecule has 3 aromatic rings. The third kappa shape index (κ3) is 2.80. The Labute approximate surface area is 153 Å². The van der Waals surface area contributed by atoms with Crippen LogP contribution < -0.4 is 0 Å². The van der Waals surface area contributed by atoms with Crippen molar-refractivity contribution in [2.75, 3.05) is 0 Å². The van der Waals surface area contributed by atoms with Gasteiger partial charge >= 0.3 is 5.97 Å². The molecule has 1 N–H and O–H groups in total. The van der Waals surface area contributed by atoms with Crippen molar-refractivity contribution in [3.63, 3.8) is 0 Å². The summed E-state index contributed by atoms with van der Waals surface area (Å²) < 4.78 is 0. The summed E-state index contributed by atoms with van der Waals surface area (Å²) in [7, 11) is 0. The monoisotopic (exact) mass is 343 g/mol. The lowest BCUT2D eigenvalue weighted by Gasteiger charge is -2.26. The molecule has 1 aliphatic rings. The number of hydrogen-bond acceptors (Lipinski definition) is 2. The standard InChI is InChI=1S/C23H21NO2/c1-14-11-17(13-16-8-4-3-7-15(16)2)22-19(12-14)21(23(25)26)18-9-5-6-10-20(18)24-22/h3-10,13-14H,11-12H2,1-2H3,(H,25,26)/b17-13-. The third-order valence-electron chi connectivity index (χ3n) is 5.15. The van der Waals surface area contributed by atoms with Crippen molar-refractivity contribution in [1.82, 2.24) is 4.98 Å². The molecule has 1 atom stereocenters. The van der Waals surface area contributed by atoms with Crippen LogP contribution in [0.3, 0.4) is 0 Å². The summed E-state index contributed by atoms with van der Waals surface area (Å²) in [5, 5.41) is 10.6. The van der Waals surface area contributed by atoms with Crippen molar-refractivity contribution >= 4 is 28.5 Å². The number of rotatable bonds is 2. The van der Waals surface area contributed by atoms with E-state index in [9.17, 15) is 9.90 Å². The summed E-state index contributed by atoms with van der Waals surface area (Å²) in [5.41, 5.74) is 6.37. The van der Waals surface area contributed by atoms with Crippen molar-refractivity contribution in [2.24, 2.45) is 5.92 Å². The molecule has 1 aromatic heterocycles. The molecular formula is C23H21NO2. The minimum absolute atomic E-state index is 0.388. The molecule has 2 aromatic carbocycles. The normalized spacial score (nSPS) is 18.1. The van der Waals surface area contributed by atoms with Gasteiger partial charge < -0.3 is 5.11 Å². The highest BCUT2D eigenvalue weighted by atomic mass is 16.4. The van der Waals surface area contributed by atoms with Crippen molar-refractivity contribution in [1.29, 1.82) is 0 Å². The van der Waals surface area contributed by atoms with Crippen LogP contribution >= 0.6 is 0 Å². The molecule has 130 valence electrons. The Kier molecular flexibility index (Phi) is 4.08. The Hall–Kier alpha value is -2.94. The summed E-state index contributed by atoms with van der Waals surface area (Å²) in [6, 6.07) is 15.8. The highest BCUT2D eigenvalue weighted by molar-refractivity contribution is 6.06. The molecule has 1 aliphatic carbocycles. The Morgan fingerprint density at radius 1 is 1.12 bits per heavy atom. The van der Waals surface area contributed by atoms with Crippen LogP contribution in [0.25, 0.3) is 22.6 Å². The molecule has 4 rings (SSSR count). The molecule has 0 bridgehead atoms. The predicted molar refractivity (Wildman–Crippen MR) is 105 cm³/mol. The molecule has 0 amide bonds. The molecule has 0 fully saturated rings. The molecule has 3 nitrogen and oxygen atoms in total. The van der Waals surface area contributed by atoms with Gasteiger partial charge in [-0.2, -0.15) is 0 Å². The summed E-state index contributed by atoms with van der Waals surface area (Å²) >= 11 is 0. The lowest BCUT2D eigenvalue weighted by Crippen LogP contribution is -2.17. The fourth-order valence-corrected chi connectivity index (χ4v) is 3.92. The van der Waals surface area contributed by atoms with Crippen LogP contribution in [0.1, 0.15) is 46.1 Å². The number of pyridine rings is 1. The number of carboxylic acid groups (broad SMARTS) is 1. The number of aromatic nitrogens is 1. The highest BCUT2D eigenvalue weighted by Gasteiger charge is 2.27. The van der Waals surface area contributed by atoms with Gasteiger partial charge in [0.2, 0.25) is 0 Å². The maximum absolute atomic E-state index is 12.1. The van der Waals surface area contributed by atoms with E-state index >= 15 is 0 Å². The van der Waals surface area contributed by atoms with Gasteiger partial charge in [0.15, 0.2) is 0 Å². The molecule has 0 radical (unpaired) electrons. The smallest absolute Gasteiger partial charge is 0.336 e. The topological polar surface area (TPSA) is 50.2 Å². The first-order valence-electron chi connectivity index (χ1n) is 8.96. The zero-order chi connectivity index (χ0) is 18.3. The van der Waals surface area contributed by atoms with Crippen molar-refractivity contribution in [3.05, 3.63) is 76.5 Å². The first kappa shape index (κ1) is 16.5. The Balaban J connectivity index is 2.01. The number of carboxylic acids is 1. The zero-order valence-electron chi connectivity index (χ0n) is 15.0. The minimum Gasteiger partial charge on any atom is -0.478 e. The SMILES string of the molecule is Cc1ccccc1/C=C1/CC(C)Cc2c1nc1ccccc1c2C(=O)O. The van der Waals surface area contributed by atoms with Crippen LogP contribution in [-0.2, 0) is 6.42 Å². The van der Waals surface area contributed by atoms with E-state index in [0.29, 0.717) is 11.5 Å². The minimum atomic E-state index is -0.871. The maximum Gasteiger partial charge on any atom is 0.336 e. The number of aryl methyl sites for hydroxylation is 1. The van der Waals surface area contributed by atoms with Gasteiger partial charge in [-0.15, -0.1) is 0 Å². The summed E-state index contributed by atoms with van der Waals surface area (Å²) in [6.45, 7) is 4.27. The van der Waals surface area contributed by atoms with Crippen molar-refractivity contribution in [3.8, 4) is 0 Å². The molecule has 1 unspecified atom stereocenters.